The second kappa shape index (κ2) is 9.54. The van der Waals surface area contributed by atoms with Gasteiger partial charge in [0.05, 0.1) is 22.7 Å². The van der Waals surface area contributed by atoms with Crippen LogP contribution in [-0.4, -0.2) is 46.2 Å². The van der Waals surface area contributed by atoms with E-state index >= 15 is 0 Å². The maximum Gasteiger partial charge on any atom is 0.269 e. The zero-order valence-corrected chi connectivity index (χ0v) is 17.7. The summed E-state index contributed by atoms with van der Waals surface area (Å²) in [6.07, 6.45) is 0.828. The van der Waals surface area contributed by atoms with E-state index in [1.807, 2.05) is 6.92 Å². The zero-order chi connectivity index (χ0) is 23.3. The molecule has 1 unspecified atom stereocenters. The summed E-state index contributed by atoms with van der Waals surface area (Å²) in [4.78, 5) is 47.5. The fraction of sp³-hybridized carbons (Fsp3) is 0.364. The highest BCUT2D eigenvalue weighted by molar-refractivity contribution is 5.80. The molecule has 0 saturated carbocycles. The van der Waals surface area contributed by atoms with Crippen LogP contribution >= 0.6 is 0 Å². The lowest BCUT2D eigenvalue weighted by Gasteiger charge is -2.25. The summed E-state index contributed by atoms with van der Waals surface area (Å²) in [5.41, 5.74) is 0.741. The molecule has 0 aromatic heterocycles. The van der Waals surface area contributed by atoms with E-state index in [-0.39, 0.29) is 41.4 Å². The number of nitrogens with one attached hydrogen (secondary N) is 1. The molecule has 2 aromatic rings. The highest BCUT2D eigenvalue weighted by atomic mass is 16.6. The Balaban J connectivity index is 1.51. The van der Waals surface area contributed by atoms with Gasteiger partial charge in [-0.3, -0.25) is 29.8 Å². The maximum atomic E-state index is 12.7. The predicted octanol–water partition coefficient (Wildman–Crippen LogP) is 2.64. The second-order valence-corrected chi connectivity index (χ2v) is 8.36. The van der Waals surface area contributed by atoms with Gasteiger partial charge in [0.2, 0.25) is 11.8 Å². The first-order chi connectivity index (χ1) is 15.1. The van der Waals surface area contributed by atoms with Crippen molar-refractivity contribution >= 4 is 23.2 Å². The summed E-state index contributed by atoms with van der Waals surface area (Å²) in [6.45, 7) is 3.38. The largest absolute Gasteiger partial charge is 0.355 e. The van der Waals surface area contributed by atoms with Crippen molar-refractivity contribution in [2.75, 3.05) is 19.6 Å². The SMILES string of the molecule is CC1(CNC(=O)Cc2cccc([N+](=O)[O-])c2)CCN(C(=O)Cc2cccc([N+](=O)[O-])c2)C1. The molecule has 1 N–H and O–H groups in total. The van der Waals surface area contributed by atoms with Crippen molar-refractivity contribution in [3.05, 3.63) is 79.9 Å². The monoisotopic (exact) mass is 440 g/mol. The summed E-state index contributed by atoms with van der Waals surface area (Å²) in [6, 6.07) is 12.0. The molecule has 3 rings (SSSR count). The third-order valence-electron chi connectivity index (χ3n) is 5.59. The van der Waals surface area contributed by atoms with Crippen LogP contribution in [0.3, 0.4) is 0 Å². The van der Waals surface area contributed by atoms with Gasteiger partial charge in [0.25, 0.3) is 11.4 Å². The number of nitrogens with zero attached hydrogens (tertiary/aromatic N) is 3. The van der Waals surface area contributed by atoms with Crippen molar-refractivity contribution in [2.45, 2.75) is 26.2 Å². The molecular weight excluding hydrogens is 416 g/mol. The van der Waals surface area contributed by atoms with Crippen molar-refractivity contribution in [1.82, 2.24) is 10.2 Å². The van der Waals surface area contributed by atoms with Crippen LogP contribution in [0.5, 0.6) is 0 Å². The molecule has 1 aliphatic rings. The zero-order valence-electron chi connectivity index (χ0n) is 17.7. The molecular formula is C22H24N4O6. The van der Waals surface area contributed by atoms with Gasteiger partial charge in [-0.1, -0.05) is 31.2 Å². The minimum Gasteiger partial charge on any atom is -0.355 e. The number of likely N-dealkylation sites (tertiary alicyclic amines) is 1. The van der Waals surface area contributed by atoms with Crippen molar-refractivity contribution in [1.29, 1.82) is 0 Å². The van der Waals surface area contributed by atoms with Crippen LogP contribution < -0.4 is 5.32 Å². The highest BCUT2D eigenvalue weighted by Crippen LogP contribution is 2.30. The van der Waals surface area contributed by atoms with Gasteiger partial charge in [0.15, 0.2) is 0 Å². The van der Waals surface area contributed by atoms with Gasteiger partial charge in [0.1, 0.15) is 0 Å². The quantitative estimate of drug-likeness (QED) is 0.495. The molecule has 2 aromatic carbocycles. The average Bonchev–Trinajstić information content (AvgIpc) is 3.15. The number of carbonyl (C=O) groups excluding carboxylic acids is 2. The topological polar surface area (TPSA) is 136 Å². The van der Waals surface area contributed by atoms with E-state index in [1.165, 1.54) is 24.3 Å². The first-order valence-corrected chi connectivity index (χ1v) is 10.2. The first-order valence-electron chi connectivity index (χ1n) is 10.2. The van der Waals surface area contributed by atoms with E-state index in [0.717, 1.165) is 0 Å². The van der Waals surface area contributed by atoms with Crippen LogP contribution in [0.4, 0.5) is 11.4 Å². The number of non-ortho nitro benzene ring substituents is 2. The van der Waals surface area contributed by atoms with Crippen LogP contribution in [0.1, 0.15) is 24.5 Å². The fourth-order valence-corrected chi connectivity index (χ4v) is 3.79. The molecule has 0 aliphatic carbocycles. The molecule has 1 atom stereocenters. The van der Waals surface area contributed by atoms with E-state index in [0.29, 0.717) is 37.2 Å². The fourth-order valence-electron chi connectivity index (χ4n) is 3.79. The summed E-state index contributed by atoms with van der Waals surface area (Å²) in [7, 11) is 0. The van der Waals surface area contributed by atoms with Gasteiger partial charge in [-0.05, 0) is 17.5 Å². The van der Waals surface area contributed by atoms with Crippen LogP contribution in [0.15, 0.2) is 48.5 Å². The molecule has 1 heterocycles. The Morgan fingerprint density at radius 2 is 1.56 bits per heavy atom. The Bertz CT molecular complexity index is 1060. The van der Waals surface area contributed by atoms with Crippen molar-refractivity contribution in [3.63, 3.8) is 0 Å². The van der Waals surface area contributed by atoms with E-state index in [1.54, 1.807) is 29.2 Å². The van der Waals surface area contributed by atoms with Crippen LogP contribution in [0.25, 0.3) is 0 Å². The standard InChI is InChI=1S/C22H24N4O6/c1-22(14-23-20(27)12-16-4-2-6-18(10-16)25(29)30)8-9-24(15-22)21(28)13-17-5-3-7-19(11-17)26(31)32/h2-7,10-11H,8-9,12-15H2,1H3,(H,23,27). The number of nitro groups is 2. The summed E-state index contributed by atoms with van der Waals surface area (Å²) < 4.78 is 0. The Labute approximate surface area is 184 Å². The molecule has 10 heteroatoms. The first kappa shape index (κ1) is 22.9. The van der Waals surface area contributed by atoms with E-state index < -0.39 is 9.85 Å². The van der Waals surface area contributed by atoms with Gasteiger partial charge in [0, 0.05) is 49.3 Å². The molecule has 2 amide bonds. The third-order valence-corrected chi connectivity index (χ3v) is 5.59. The number of carbonyl (C=O) groups is 2. The van der Waals surface area contributed by atoms with Gasteiger partial charge in [-0.2, -0.15) is 0 Å². The number of rotatable bonds is 8. The summed E-state index contributed by atoms with van der Waals surface area (Å²) in [5, 5.41) is 24.7. The minimum atomic E-state index is -0.500. The number of hydrogen-bond acceptors (Lipinski definition) is 6. The lowest BCUT2D eigenvalue weighted by molar-refractivity contribution is -0.385. The van der Waals surface area contributed by atoms with Gasteiger partial charge < -0.3 is 10.2 Å². The van der Waals surface area contributed by atoms with Gasteiger partial charge >= 0.3 is 0 Å². The number of benzene rings is 2. The number of nitro benzene ring substituents is 2. The number of amides is 2. The third kappa shape index (κ3) is 5.87. The average molecular weight is 440 g/mol. The summed E-state index contributed by atoms with van der Waals surface area (Å²) >= 11 is 0. The van der Waals surface area contributed by atoms with E-state index in [2.05, 4.69) is 5.32 Å². The van der Waals surface area contributed by atoms with E-state index in [4.69, 9.17) is 0 Å². The normalized spacial score (nSPS) is 17.7. The molecule has 32 heavy (non-hydrogen) atoms. The molecule has 0 spiro atoms. The second-order valence-electron chi connectivity index (χ2n) is 8.36. The van der Waals surface area contributed by atoms with Crippen LogP contribution in [0.2, 0.25) is 0 Å². The van der Waals surface area contributed by atoms with Gasteiger partial charge in [-0.25, -0.2) is 0 Å². The Morgan fingerprint density at radius 1 is 1.00 bits per heavy atom. The van der Waals surface area contributed by atoms with Crippen molar-refractivity contribution in [2.24, 2.45) is 5.41 Å². The molecule has 168 valence electrons. The maximum absolute atomic E-state index is 12.7. The molecule has 10 nitrogen and oxygen atoms in total. The smallest absolute Gasteiger partial charge is 0.269 e. The molecule has 0 bridgehead atoms. The summed E-state index contributed by atoms with van der Waals surface area (Å²) in [5.74, 6) is -0.356. The number of hydrogen-bond donors (Lipinski definition) is 1. The van der Waals surface area contributed by atoms with Crippen LogP contribution in [0, 0.1) is 25.6 Å². The lowest BCUT2D eigenvalue weighted by atomic mass is 9.89. The minimum absolute atomic E-state index is 0.0349. The van der Waals surface area contributed by atoms with Crippen LogP contribution in [-0.2, 0) is 22.4 Å². The predicted molar refractivity (Wildman–Crippen MR) is 116 cm³/mol. The molecule has 1 fully saturated rings. The molecule has 0 radical (unpaired) electrons. The van der Waals surface area contributed by atoms with Gasteiger partial charge in [-0.15, -0.1) is 0 Å². The molecule has 1 aliphatic heterocycles. The lowest BCUT2D eigenvalue weighted by Crippen LogP contribution is -2.39. The highest BCUT2D eigenvalue weighted by Gasteiger charge is 2.36. The van der Waals surface area contributed by atoms with Crippen molar-refractivity contribution < 1.29 is 19.4 Å². The Kier molecular flexibility index (Phi) is 6.82. The van der Waals surface area contributed by atoms with E-state index in [9.17, 15) is 29.8 Å². The Morgan fingerprint density at radius 3 is 2.12 bits per heavy atom. The Hall–Kier alpha value is -3.82. The molecule has 1 saturated heterocycles. The van der Waals surface area contributed by atoms with Crippen molar-refractivity contribution in [3.8, 4) is 0 Å².